The first-order chi connectivity index (χ1) is 8.56. The van der Waals surface area contributed by atoms with Gasteiger partial charge in [0.1, 0.15) is 11.6 Å². The fourth-order valence-corrected chi connectivity index (χ4v) is 2.16. The molecular weight excluding hydrogens is 349 g/mol. The van der Waals surface area contributed by atoms with E-state index in [1.54, 1.807) is 18.2 Å². The highest BCUT2D eigenvalue weighted by molar-refractivity contribution is 14.1. The predicted octanol–water partition coefficient (Wildman–Crippen LogP) is 3.99. The van der Waals surface area contributed by atoms with Gasteiger partial charge in [0.05, 0.1) is 0 Å². The monoisotopic (exact) mass is 358 g/mol. The van der Waals surface area contributed by atoms with Crippen LogP contribution in [0.25, 0.3) is 0 Å². The first kappa shape index (κ1) is 13.1. The molecule has 18 heavy (non-hydrogen) atoms. The third-order valence-corrected chi connectivity index (χ3v) is 3.18. The third kappa shape index (κ3) is 3.13. The SMILES string of the molecule is O=C(Cc1cc(F)ccc1F)c1cccc(I)c1. The molecule has 0 amide bonds. The standard InChI is InChI=1S/C14H9F2IO/c15-11-4-5-13(16)10(6-11)8-14(18)9-2-1-3-12(17)7-9/h1-7H,8H2. The van der Waals surface area contributed by atoms with Crippen molar-refractivity contribution in [3.63, 3.8) is 0 Å². The van der Waals surface area contributed by atoms with Crippen LogP contribution < -0.4 is 0 Å². The van der Waals surface area contributed by atoms with Gasteiger partial charge in [0, 0.05) is 15.6 Å². The van der Waals surface area contributed by atoms with Gasteiger partial charge in [0.15, 0.2) is 5.78 Å². The number of ketones is 1. The molecule has 0 bridgehead atoms. The molecule has 0 fully saturated rings. The number of benzene rings is 2. The number of hydrogen-bond acceptors (Lipinski definition) is 1. The van der Waals surface area contributed by atoms with E-state index in [4.69, 9.17) is 0 Å². The number of rotatable bonds is 3. The van der Waals surface area contributed by atoms with Crippen LogP contribution in [-0.2, 0) is 6.42 Å². The van der Waals surface area contributed by atoms with Crippen molar-refractivity contribution in [1.29, 1.82) is 0 Å². The summed E-state index contributed by atoms with van der Waals surface area (Å²) in [6, 6.07) is 10.1. The van der Waals surface area contributed by atoms with E-state index in [9.17, 15) is 13.6 Å². The molecule has 0 radical (unpaired) electrons. The zero-order chi connectivity index (χ0) is 13.1. The topological polar surface area (TPSA) is 17.1 Å². The van der Waals surface area contributed by atoms with Gasteiger partial charge in [-0.05, 0) is 58.5 Å². The van der Waals surface area contributed by atoms with E-state index in [1.807, 2.05) is 6.07 Å². The third-order valence-electron chi connectivity index (χ3n) is 2.51. The van der Waals surface area contributed by atoms with E-state index in [-0.39, 0.29) is 17.8 Å². The summed E-state index contributed by atoms with van der Waals surface area (Å²) in [6.07, 6.45) is -0.135. The Morgan fingerprint density at radius 1 is 1.11 bits per heavy atom. The van der Waals surface area contributed by atoms with Gasteiger partial charge >= 0.3 is 0 Å². The highest BCUT2D eigenvalue weighted by Gasteiger charge is 2.11. The van der Waals surface area contributed by atoms with Crippen molar-refractivity contribution in [2.75, 3.05) is 0 Å². The van der Waals surface area contributed by atoms with Crippen LogP contribution in [0.3, 0.4) is 0 Å². The lowest BCUT2D eigenvalue weighted by Gasteiger charge is -2.04. The van der Waals surface area contributed by atoms with E-state index in [0.29, 0.717) is 5.56 Å². The predicted molar refractivity (Wildman–Crippen MR) is 73.6 cm³/mol. The average molecular weight is 358 g/mol. The first-order valence-electron chi connectivity index (χ1n) is 5.29. The van der Waals surface area contributed by atoms with Crippen molar-refractivity contribution in [1.82, 2.24) is 0 Å². The van der Waals surface area contributed by atoms with Crippen molar-refractivity contribution in [3.8, 4) is 0 Å². The molecule has 4 heteroatoms. The molecule has 0 heterocycles. The molecule has 2 aromatic rings. The lowest BCUT2D eigenvalue weighted by Crippen LogP contribution is -2.05. The molecule has 0 aliphatic heterocycles. The van der Waals surface area contributed by atoms with Crippen molar-refractivity contribution in [2.24, 2.45) is 0 Å². The van der Waals surface area contributed by atoms with E-state index < -0.39 is 11.6 Å². The van der Waals surface area contributed by atoms with Gasteiger partial charge in [-0.1, -0.05) is 12.1 Å². The average Bonchev–Trinajstić information content (AvgIpc) is 2.34. The Bertz CT molecular complexity index is 596. The van der Waals surface area contributed by atoms with Gasteiger partial charge in [-0.2, -0.15) is 0 Å². The maximum Gasteiger partial charge on any atom is 0.167 e. The summed E-state index contributed by atoms with van der Waals surface area (Å²) >= 11 is 2.10. The molecule has 0 aliphatic carbocycles. The molecule has 2 aromatic carbocycles. The summed E-state index contributed by atoms with van der Waals surface area (Å²) in [7, 11) is 0. The van der Waals surface area contributed by atoms with Gasteiger partial charge in [0.25, 0.3) is 0 Å². The molecule has 0 atom stereocenters. The summed E-state index contributed by atoms with van der Waals surface area (Å²) in [5.74, 6) is -1.32. The molecular formula is C14H9F2IO. The second kappa shape index (κ2) is 5.56. The highest BCUT2D eigenvalue weighted by Crippen LogP contribution is 2.14. The van der Waals surface area contributed by atoms with Crippen molar-refractivity contribution in [3.05, 3.63) is 68.8 Å². The number of Topliss-reactive ketones (excluding diaryl/α,β-unsaturated/α-hetero) is 1. The van der Waals surface area contributed by atoms with Gasteiger partial charge in [0.2, 0.25) is 0 Å². The Kier molecular flexibility index (Phi) is 4.06. The Balaban J connectivity index is 2.24. The largest absolute Gasteiger partial charge is 0.294 e. The summed E-state index contributed by atoms with van der Waals surface area (Å²) in [4.78, 5) is 11.9. The summed E-state index contributed by atoms with van der Waals surface area (Å²) < 4.78 is 27.3. The van der Waals surface area contributed by atoms with Gasteiger partial charge < -0.3 is 0 Å². The fraction of sp³-hybridized carbons (Fsp3) is 0.0714. The second-order valence-corrected chi connectivity index (χ2v) is 5.09. The summed E-state index contributed by atoms with van der Waals surface area (Å²) in [5, 5.41) is 0. The van der Waals surface area contributed by atoms with Crippen LogP contribution in [-0.4, -0.2) is 5.78 Å². The molecule has 0 N–H and O–H groups in total. The number of carbonyl (C=O) groups is 1. The Hall–Kier alpha value is -1.30. The maximum atomic E-state index is 13.4. The summed E-state index contributed by atoms with van der Waals surface area (Å²) in [5.41, 5.74) is 0.587. The Morgan fingerprint density at radius 3 is 2.61 bits per heavy atom. The fourth-order valence-electron chi connectivity index (χ4n) is 1.62. The van der Waals surface area contributed by atoms with Crippen molar-refractivity contribution < 1.29 is 13.6 Å². The van der Waals surface area contributed by atoms with Crippen LogP contribution in [0.4, 0.5) is 8.78 Å². The lowest BCUT2D eigenvalue weighted by atomic mass is 10.0. The number of hydrogen-bond donors (Lipinski definition) is 0. The molecule has 0 saturated heterocycles. The molecule has 0 aromatic heterocycles. The van der Waals surface area contributed by atoms with Crippen LogP contribution in [0.15, 0.2) is 42.5 Å². The van der Waals surface area contributed by atoms with Gasteiger partial charge in [-0.15, -0.1) is 0 Å². The zero-order valence-electron chi connectivity index (χ0n) is 9.29. The number of carbonyl (C=O) groups excluding carboxylic acids is 1. The first-order valence-corrected chi connectivity index (χ1v) is 6.37. The van der Waals surface area contributed by atoms with Crippen LogP contribution in [0.5, 0.6) is 0 Å². The van der Waals surface area contributed by atoms with Gasteiger partial charge in [-0.3, -0.25) is 4.79 Å². The minimum atomic E-state index is -0.560. The van der Waals surface area contributed by atoms with Crippen LogP contribution >= 0.6 is 22.6 Å². The molecule has 92 valence electrons. The Morgan fingerprint density at radius 2 is 1.89 bits per heavy atom. The Labute approximate surface area is 117 Å². The normalized spacial score (nSPS) is 10.4. The highest BCUT2D eigenvalue weighted by atomic mass is 127. The lowest BCUT2D eigenvalue weighted by molar-refractivity contribution is 0.0991. The second-order valence-electron chi connectivity index (χ2n) is 3.85. The molecule has 0 spiro atoms. The quantitative estimate of drug-likeness (QED) is 0.599. The zero-order valence-corrected chi connectivity index (χ0v) is 11.4. The maximum absolute atomic E-state index is 13.4. The molecule has 0 aliphatic rings. The van der Waals surface area contributed by atoms with Crippen LogP contribution in [0.2, 0.25) is 0 Å². The van der Waals surface area contributed by atoms with Crippen LogP contribution in [0.1, 0.15) is 15.9 Å². The van der Waals surface area contributed by atoms with Crippen LogP contribution in [0, 0.1) is 15.2 Å². The van der Waals surface area contributed by atoms with Crippen molar-refractivity contribution >= 4 is 28.4 Å². The number of halogens is 3. The molecule has 1 nitrogen and oxygen atoms in total. The molecule has 2 rings (SSSR count). The van der Waals surface area contributed by atoms with E-state index in [0.717, 1.165) is 21.8 Å². The van der Waals surface area contributed by atoms with E-state index in [1.165, 1.54) is 0 Å². The van der Waals surface area contributed by atoms with E-state index >= 15 is 0 Å². The van der Waals surface area contributed by atoms with E-state index in [2.05, 4.69) is 22.6 Å². The minimum Gasteiger partial charge on any atom is -0.294 e. The molecule has 0 unspecified atom stereocenters. The smallest absolute Gasteiger partial charge is 0.167 e. The summed E-state index contributed by atoms with van der Waals surface area (Å²) in [6.45, 7) is 0. The molecule has 0 saturated carbocycles. The minimum absolute atomic E-state index is 0.0823. The van der Waals surface area contributed by atoms with Gasteiger partial charge in [-0.25, -0.2) is 8.78 Å². The van der Waals surface area contributed by atoms with Crippen molar-refractivity contribution in [2.45, 2.75) is 6.42 Å².